The number of piperidine rings is 1. The first kappa shape index (κ1) is 28.0. The van der Waals surface area contributed by atoms with E-state index in [0.717, 1.165) is 65.7 Å². The van der Waals surface area contributed by atoms with Crippen molar-refractivity contribution in [3.63, 3.8) is 0 Å². The molecule has 220 valence electrons. The molecule has 6 rings (SSSR count). The Morgan fingerprint density at radius 3 is 2.48 bits per heavy atom. The van der Waals surface area contributed by atoms with Crippen molar-refractivity contribution in [2.24, 2.45) is 7.05 Å². The summed E-state index contributed by atoms with van der Waals surface area (Å²) in [5, 5.41) is 0. The van der Waals surface area contributed by atoms with Gasteiger partial charge < -0.3 is 23.8 Å². The molecule has 0 radical (unpaired) electrons. The lowest BCUT2D eigenvalue weighted by molar-refractivity contribution is 0.0102. The van der Waals surface area contributed by atoms with E-state index in [9.17, 15) is 4.79 Å². The summed E-state index contributed by atoms with van der Waals surface area (Å²) in [4.78, 5) is 41.1. The number of carbonyl (C=O) groups excluding carboxylic acids is 1. The Bertz CT molecular complexity index is 1580. The van der Waals surface area contributed by atoms with Gasteiger partial charge in [-0.25, -0.2) is 24.7 Å². The third-order valence-corrected chi connectivity index (χ3v) is 7.87. The Hall–Kier alpha value is -4.12. The van der Waals surface area contributed by atoms with Gasteiger partial charge in [0.25, 0.3) is 0 Å². The summed E-state index contributed by atoms with van der Waals surface area (Å²) in [6.45, 7) is 11.1. The highest BCUT2D eigenvalue weighted by Gasteiger charge is 2.33. The number of rotatable bonds is 4. The van der Waals surface area contributed by atoms with Crippen molar-refractivity contribution in [3.05, 3.63) is 48.4 Å². The van der Waals surface area contributed by atoms with Crippen LogP contribution in [0.2, 0.25) is 0 Å². The molecule has 42 heavy (non-hydrogen) atoms. The maximum atomic E-state index is 12.7. The van der Waals surface area contributed by atoms with Crippen molar-refractivity contribution < 1.29 is 14.3 Å². The van der Waals surface area contributed by atoms with Gasteiger partial charge in [0.05, 0.1) is 13.2 Å². The summed E-state index contributed by atoms with van der Waals surface area (Å²) in [6, 6.07) is 10.00. The molecular formula is C31H38N8O3. The number of fused-ring (bicyclic) bond motifs is 1. The number of amides is 1. The monoisotopic (exact) mass is 570 g/mol. The van der Waals surface area contributed by atoms with E-state index in [-0.39, 0.29) is 18.1 Å². The van der Waals surface area contributed by atoms with Crippen LogP contribution in [0, 0.1) is 0 Å². The summed E-state index contributed by atoms with van der Waals surface area (Å²) in [7, 11) is 1.98. The number of likely N-dealkylation sites (tertiary alicyclic amines) is 1. The molecule has 1 amide bonds. The number of imidazole rings is 1. The van der Waals surface area contributed by atoms with E-state index in [1.807, 2.05) is 61.6 Å². The molecule has 11 heteroatoms. The number of hydrogen-bond donors (Lipinski definition) is 0. The first-order valence-electron chi connectivity index (χ1n) is 14.6. The van der Waals surface area contributed by atoms with Gasteiger partial charge in [-0.3, -0.25) is 4.98 Å². The maximum Gasteiger partial charge on any atom is 0.410 e. The minimum absolute atomic E-state index is 0.0469. The number of nitrogens with zero attached hydrogens (tertiary/aromatic N) is 8. The topological polar surface area (TPSA) is 111 Å². The van der Waals surface area contributed by atoms with E-state index in [2.05, 4.69) is 22.9 Å². The molecule has 2 aliphatic heterocycles. The number of hydrogen-bond acceptors (Lipinski definition) is 9. The first-order valence-corrected chi connectivity index (χ1v) is 14.6. The predicted molar refractivity (Wildman–Crippen MR) is 160 cm³/mol. The van der Waals surface area contributed by atoms with Gasteiger partial charge >= 0.3 is 6.09 Å². The lowest BCUT2D eigenvalue weighted by Gasteiger charge is -2.38. The maximum absolute atomic E-state index is 12.7. The van der Waals surface area contributed by atoms with Crippen molar-refractivity contribution in [1.29, 1.82) is 0 Å². The van der Waals surface area contributed by atoms with Gasteiger partial charge in [-0.1, -0.05) is 6.07 Å². The van der Waals surface area contributed by atoms with Crippen LogP contribution in [0.15, 0.2) is 42.7 Å². The zero-order valence-electron chi connectivity index (χ0n) is 24.9. The van der Waals surface area contributed by atoms with Crippen molar-refractivity contribution in [2.45, 2.75) is 58.1 Å². The highest BCUT2D eigenvalue weighted by atomic mass is 16.6. The fourth-order valence-corrected chi connectivity index (χ4v) is 5.75. The lowest BCUT2D eigenvalue weighted by Crippen LogP contribution is -2.46. The molecule has 2 aliphatic rings. The number of pyridine rings is 2. The van der Waals surface area contributed by atoms with E-state index in [4.69, 9.17) is 29.4 Å². The molecule has 0 bridgehead atoms. The molecule has 4 aromatic rings. The molecule has 2 atom stereocenters. The van der Waals surface area contributed by atoms with Crippen LogP contribution >= 0.6 is 0 Å². The SMILES string of the molecule is CC1CC(c2cccc(-c3nc(N4CCOCC4)c4nc(-c5ccncc5)n(C)c4n3)n2)CCN1C(=O)OC(C)(C)C. The smallest absolute Gasteiger partial charge is 0.410 e. The van der Waals surface area contributed by atoms with Gasteiger partial charge in [0.15, 0.2) is 22.8 Å². The number of aryl methyl sites for hydroxylation is 1. The Kier molecular flexibility index (Phi) is 7.53. The van der Waals surface area contributed by atoms with Crippen molar-refractivity contribution in [2.75, 3.05) is 37.7 Å². The molecule has 2 saturated heterocycles. The normalized spacial score (nSPS) is 19.7. The molecule has 2 fully saturated rings. The third-order valence-electron chi connectivity index (χ3n) is 7.87. The van der Waals surface area contributed by atoms with E-state index in [0.29, 0.717) is 25.6 Å². The van der Waals surface area contributed by atoms with Crippen LogP contribution in [-0.4, -0.2) is 85.0 Å². The summed E-state index contributed by atoms with van der Waals surface area (Å²) < 4.78 is 13.3. The average Bonchev–Trinajstić information content (AvgIpc) is 3.32. The third kappa shape index (κ3) is 5.65. The predicted octanol–water partition coefficient (Wildman–Crippen LogP) is 4.83. The number of carbonyl (C=O) groups is 1. The highest BCUT2D eigenvalue weighted by Crippen LogP contribution is 2.34. The first-order chi connectivity index (χ1) is 20.2. The molecular weight excluding hydrogens is 532 g/mol. The fraction of sp³-hybridized carbons (Fsp3) is 0.484. The van der Waals surface area contributed by atoms with E-state index < -0.39 is 5.60 Å². The second-order valence-corrected chi connectivity index (χ2v) is 12.1. The van der Waals surface area contributed by atoms with Gasteiger partial charge in [0.1, 0.15) is 17.1 Å². The average molecular weight is 571 g/mol. The van der Waals surface area contributed by atoms with E-state index in [1.165, 1.54) is 0 Å². The van der Waals surface area contributed by atoms with Crippen molar-refractivity contribution >= 4 is 23.1 Å². The number of ether oxygens (including phenoxy) is 2. The van der Waals surface area contributed by atoms with Crippen molar-refractivity contribution in [1.82, 2.24) is 34.4 Å². The van der Waals surface area contributed by atoms with E-state index >= 15 is 0 Å². The molecule has 0 aromatic carbocycles. The van der Waals surface area contributed by atoms with Crippen LogP contribution in [0.1, 0.15) is 52.1 Å². The molecule has 0 N–H and O–H groups in total. The summed E-state index contributed by atoms with van der Waals surface area (Å²) >= 11 is 0. The van der Waals surface area contributed by atoms with Crippen LogP contribution in [-0.2, 0) is 16.5 Å². The summed E-state index contributed by atoms with van der Waals surface area (Å²) in [5.74, 6) is 2.38. The Morgan fingerprint density at radius 2 is 1.76 bits per heavy atom. The minimum Gasteiger partial charge on any atom is -0.444 e. The molecule has 2 unspecified atom stereocenters. The molecule has 11 nitrogen and oxygen atoms in total. The van der Waals surface area contributed by atoms with Crippen LogP contribution in [0.3, 0.4) is 0 Å². The number of aromatic nitrogens is 6. The summed E-state index contributed by atoms with van der Waals surface area (Å²) in [5.41, 5.74) is 3.67. The van der Waals surface area contributed by atoms with Crippen LogP contribution in [0.4, 0.5) is 10.6 Å². The Morgan fingerprint density at radius 1 is 1.00 bits per heavy atom. The van der Waals surface area contributed by atoms with Gasteiger partial charge in [-0.15, -0.1) is 0 Å². The van der Waals surface area contributed by atoms with Crippen LogP contribution in [0.5, 0.6) is 0 Å². The summed E-state index contributed by atoms with van der Waals surface area (Å²) in [6.07, 6.45) is 4.91. The highest BCUT2D eigenvalue weighted by molar-refractivity contribution is 5.88. The quantitative estimate of drug-likeness (QED) is 0.341. The van der Waals surface area contributed by atoms with Crippen LogP contribution in [0.25, 0.3) is 34.1 Å². The molecule has 6 heterocycles. The van der Waals surface area contributed by atoms with Gasteiger partial charge in [-0.05, 0) is 64.8 Å². The largest absolute Gasteiger partial charge is 0.444 e. The van der Waals surface area contributed by atoms with Crippen molar-refractivity contribution in [3.8, 4) is 22.9 Å². The fourth-order valence-electron chi connectivity index (χ4n) is 5.75. The molecule has 0 aliphatic carbocycles. The molecule has 0 spiro atoms. The number of anilines is 1. The second-order valence-electron chi connectivity index (χ2n) is 12.1. The Balaban J connectivity index is 1.33. The van der Waals surface area contributed by atoms with Gasteiger partial charge in [0, 0.05) is 62.3 Å². The minimum atomic E-state index is -0.516. The zero-order valence-corrected chi connectivity index (χ0v) is 24.9. The molecule has 0 saturated carbocycles. The van der Waals surface area contributed by atoms with E-state index in [1.54, 1.807) is 12.4 Å². The van der Waals surface area contributed by atoms with Gasteiger partial charge in [-0.2, -0.15) is 0 Å². The van der Waals surface area contributed by atoms with Gasteiger partial charge in [0.2, 0.25) is 0 Å². The lowest BCUT2D eigenvalue weighted by atomic mass is 9.88. The standard InChI is InChI=1S/C31H38N8O3/c1-20-19-22(11-14-39(20)30(40)42-31(2,3)4)23-7-6-8-24(33-23)26-35-28-25(29(36-26)38-15-17-41-18-16-38)34-27(37(28)5)21-9-12-32-13-10-21/h6-10,12-13,20,22H,11,14-19H2,1-5H3. The Labute approximate surface area is 245 Å². The van der Waals surface area contributed by atoms with Crippen LogP contribution < -0.4 is 4.90 Å². The zero-order chi connectivity index (χ0) is 29.4. The number of morpholine rings is 1. The second kappa shape index (κ2) is 11.3. The molecule has 4 aromatic heterocycles.